The molecule has 1 aromatic carbocycles. The summed E-state index contributed by atoms with van der Waals surface area (Å²) in [4.78, 5) is 25.5. The fourth-order valence-corrected chi connectivity index (χ4v) is 4.82. The van der Waals surface area contributed by atoms with Crippen LogP contribution in [0, 0.1) is 5.92 Å². The fraction of sp³-hybridized carbons (Fsp3) is 0.263. The summed E-state index contributed by atoms with van der Waals surface area (Å²) in [5, 5.41) is 10.8. The van der Waals surface area contributed by atoms with E-state index in [0.717, 1.165) is 5.57 Å². The van der Waals surface area contributed by atoms with E-state index >= 15 is 0 Å². The van der Waals surface area contributed by atoms with Gasteiger partial charge in [0.2, 0.25) is 0 Å². The third-order valence-corrected chi connectivity index (χ3v) is 6.45. The molecule has 0 fully saturated rings. The van der Waals surface area contributed by atoms with E-state index in [1.807, 2.05) is 6.08 Å². The highest BCUT2D eigenvalue weighted by atomic mass is 79.9. The number of benzene rings is 1. The van der Waals surface area contributed by atoms with Gasteiger partial charge in [-0.3, -0.25) is 9.59 Å². The molecule has 124 valence electrons. The molecule has 3 atom stereocenters. The van der Waals surface area contributed by atoms with Gasteiger partial charge in [-0.1, -0.05) is 46.3 Å². The minimum absolute atomic E-state index is 0.0307. The summed E-state index contributed by atoms with van der Waals surface area (Å²) in [6.45, 7) is 5.48. The second-order valence-corrected chi connectivity index (χ2v) is 7.91. The lowest BCUT2D eigenvalue weighted by Crippen LogP contribution is -2.52. The van der Waals surface area contributed by atoms with E-state index in [9.17, 15) is 14.7 Å². The lowest BCUT2D eigenvalue weighted by molar-refractivity contribution is -0.128. The van der Waals surface area contributed by atoms with Gasteiger partial charge in [0.15, 0.2) is 11.6 Å². The van der Waals surface area contributed by atoms with Crippen LogP contribution >= 0.6 is 27.5 Å². The highest BCUT2D eigenvalue weighted by Crippen LogP contribution is 2.55. The molecule has 0 bridgehead atoms. The van der Waals surface area contributed by atoms with E-state index in [1.165, 1.54) is 12.1 Å². The van der Waals surface area contributed by atoms with Crippen molar-refractivity contribution in [2.24, 2.45) is 5.92 Å². The highest BCUT2D eigenvalue weighted by molar-refractivity contribution is 9.10. The quantitative estimate of drug-likeness (QED) is 0.735. The normalized spacial score (nSPS) is 29.6. The number of phenolic OH excluding ortho intramolecular Hbond substituents is 1. The number of alkyl halides is 1. The summed E-state index contributed by atoms with van der Waals surface area (Å²) in [5.74, 6) is -1.28. The van der Waals surface area contributed by atoms with E-state index in [-0.39, 0.29) is 17.3 Å². The fourth-order valence-electron chi connectivity index (χ4n) is 3.62. The Morgan fingerprint density at radius 3 is 2.79 bits per heavy atom. The van der Waals surface area contributed by atoms with Gasteiger partial charge in [-0.15, -0.1) is 0 Å². The molecule has 0 amide bonds. The Bertz CT molecular complexity index is 824. The van der Waals surface area contributed by atoms with Crippen molar-refractivity contribution in [3.8, 4) is 5.75 Å². The maximum atomic E-state index is 12.9. The maximum absolute atomic E-state index is 12.9. The number of hydrogen-bond donors (Lipinski definition) is 1. The van der Waals surface area contributed by atoms with Crippen molar-refractivity contribution in [2.75, 3.05) is 0 Å². The average Bonchev–Trinajstić information content (AvgIpc) is 2.55. The van der Waals surface area contributed by atoms with Crippen LogP contribution in [-0.2, 0) is 9.59 Å². The molecule has 0 radical (unpaired) electrons. The Hall–Kier alpha value is -1.65. The topological polar surface area (TPSA) is 54.4 Å². The van der Waals surface area contributed by atoms with E-state index in [1.54, 1.807) is 25.1 Å². The molecule has 0 aliphatic heterocycles. The zero-order valence-electron chi connectivity index (χ0n) is 13.1. The second-order valence-electron chi connectivity index (χ2n) is 6.16. The van der Waals surface area contributed by atoms with Gasteiger partial charge in [-0.2, -0.15) is 0 Å². The molecular formula is C19H16BrClO3. The Morgan fingerprint density at radius 1 is 1.42 bits per heavy atom. The Labute approximate surface area is 153 Å². The predicted molar refractivity (Wildman–Crippen MR) is 97.7 cm³/mol. The molecule has 0 saturated heterocycles. The number of halogens is 2. The van der Waals surface area contributed by atoms with E-state index in [4.69, 9.17) is 11.6 Å². The summed E-state index contributed by atoms with van der Waals surface area (Å²) in [6, 6.07) is 4.71. The number of phenols is 1. The molecule has 1 N–H and O–H groups in total. The van der Waals surface area contributed by atoms with Crippen LogP contribution < -0.4 is 0 Å². The Kier molecular flexibility index (Phi) is 4.30. The molecular weight excluding hydrogens is 392 g/mol. The number of carbonyl (C=O) groups is 2. The number of carbonyl (C=O) groups excluding carboxylic acids is 2. The van der Waals surface area contributed by atoms with Gasteiger partial charge in [0, 0.05) is 22.4 Å². The van der Waals surface area contributed by atoms with Crippen LogP contribution in [0.1, 0.15) is 24.8 Å². The molecule has 3 rings (SSSR count). The van der Waals surface area contributed by atoms with Crippen LogP contribution in [-0.4, -0.2) is 21.0 Å². The van der Waals surface area contributed by atoms with Gasteiger partial charge >= 0.3 is 0 Å². The van der Waals surface area contributed by atoms with Crippen molar-refractivity contribution in [3.63, 3.8) is 0 Å². The first-order chi connectivity index (χ1) is 11.3. The highest BCUT2D eigenvalue weighted by Gasteiger charge is 2.56. The molecule has 0 unspecified atom stereocenters. The number of allylic oxidation sites excluding steroid dienone is 5. The monoisotopic (exact) mass is 406 g/mol. The van der Waals surface area contributed by atoms with Gasteiger partial charge in [0.1, 0.15) is 10.1 Å². The minimum Gasteiger partial charge on any atom is -0.508 e. The van der Waals surface area contributed by atoms with Crippen molar-refractivity contribution in [2.45, 2.75) is 23.6 Å². The third kappa shape index (κ3) is 2.40. The van der Waals surface area contributed by atoms with Crippen LogP contribution in [0.25, 0.3) is 0 Å². The third-order valence-electron chi connectivity index (χ3n) is 4.82. The van der Waals surface area contributed by atoms with Crippen LogP contribution in [0.2, 0.25) is 5.02 Å². The predicted octanol–water partition coefficient (Wildman–Crippen LogP) is 4.49. The van der Waals surface area contributed by atoms with Crippen molar-refractivity contribution >= 4 is 39.1 Å². The van der Waals surface area contributed by atoms with Crippen molar-refractivity contribution in [1.29, 1.82) is 0 Å². The number of aromatic hydroxyl groups is 1. The molecule has 2 aliphatic rings. The zero-order chi connectivity index (χ0) is 17.6. The number of rotatable bonds is 2. The van der Waals surface area contributed by atoms with Crippen LogP contribution in [0.3, 0.4) is 0 Å². The first kappa shape index (κ1) is 17.2. The van der Waals surface area contributed by atoms with E-state index in [2.05, 4.69) is 22.5 Å². The second kappa shape index (κ2) is 6.01. The molecule has 24 heavy (non-hydrogen) atoms. The Balaban J connectivity index is 2.28. The molecule has 5 heteroatoms. The lowest BCUT2D eigenvalue weighted by Gasteiger charge is -2.45. The SMILES string of the molecule is C=CC1=CC[C@H]2C(=O)C(C)=CC(=O)[C@@]2(Br)[C@H]1c1cc(Cl)ccc1O. The van der Waals surface area contributed by atoms with Gasteiger partial charge in [-0.25, -0.2) is 0 Å². The number of fused-ring (bicyclic) bond motifs is 1. The van der Waals surface area contributed by atoms with E-state index < -0.39 is 16.2 Å². The van der Waals surface area contributed by atoms with Crippen molar-refractivity contribution in [1.82, 2.24) is 0 Å². The first-order valence-corrected chi connectivity index (χ1v) is 8.74. The summed E-state index contributed by atoms with van der Waals surface area (Å²) in [7, 11) is 0. The molecule has 2 aliphatic carbocycles. The number of ketones is 2. The average molecular weight is 408 g/mol. The van der Waals surface area contributed by atoms with Gasteiger partial charge in [0.05, 0.1) is 0 Å². The molecule has 0 aromatic heterocycles. The largest absolute Gasteiger partial charge is 0.508 e. The Morgan fingerprint density at radius 2 is 2.12 bits per heavy atom. The number of hydrogen-bond acceptors (Lipinski definition) is 3. The van der Waals surface area contributed by atoms with Crippen LogP contribution in [0.5, 0.6) is 5.75 Å². The van der Waals surface area contributed by atoms with Gasteiger partial charge in [0.25, 0.3) is 0 Å². The van der Waals surface area contributed by atoms with Gasteiger partial charge < -0.3 is 5.11 Å². The molecule has 1 aromatic rings. The van der Waals surface area contributed by atoms with Crippen LogP contribution in [0.4, 0.5) is 0 Å². The summed E-state index contributed by atoms with van der Waals surface area (Å²) in [5.41, 5.74) is 1.75. The smallest absolute Gasteiger partial charge is 0.174 e. The molecule has 3 nitrogen and oxygen atoms in total. The maximum Gasteiger partial charge on any atom is 0.174 e. The molecule has 0 saturated carbocycles. The van der Waals surface area contributed by atoms with Crippen molar-refractivity contribution in [3.05, 3.63) is 64.7 Å². The summed E-state index contributed by atoms with van der Waals surface area (Å²) in [6.07, 6.45) is 5.40. The summed E-state index contributed by atoms with van der Waals surface area (Å²) < 4.78 is -1.15. The molecule has 0 heterocycles. The van der Waals surface area contributed by atoms with Gasteiger partial charge in [-0.05, 0) is 48.8 Å². The minimum atomic E-state index is -1.15. The lowest BCUT2D eigenvalue weighted by atomic mass is 9.62. The van der Waals surface area contributed by atoms with E-state index in [0.29, 0.717) is 22.6 Å². The summed E-state index contributed by atoms with van der Waals surface area (Å²) >= 11 is 9.69. The number of Topliss-reactive ketones (excluding diaryl/α,β-unsaturated/α-hetero) is 1. The van der Waals surface area contributed by atoms with Crippen LogP contribution in [0.15, 0.2) is 54.2 Å². The first-order valence-electron chi connectivity index (χ1n) is 7.57. The molecule has 0 spiro atoms. The standard InChI is InChI=1S/C19H16BrClO3/c1-3-11-4-6-14-18(24)10(2)8-16(23)19(14,20)17(11)13-9-12(21)5-7-15(13)22/h3-5,7-9,14,17,22H,1,6H2,2H3/t14-,17+,19+/m0/s1. The zero-order valence-corrected chi connectivity index (χ0v) is 15.4. The van der Waals surface area contributed by atoms with Crippen molar-refractivity contribution < 1.29 is 14.7 Å².